The van der Waals surface area contributed by atoms with E-state index in [0.717, 1.165) is 5.56 Å². The quantitative estimate of drug-likeness (QED) is 0.832. The van der Waals surface area contributed by atoms with Crippen LogP contribution in [-0.2, 0) is 0 Å². The van der Waals surface area contributed by atoms with Crippen LogP contribution in [0.2, 0.25) is 5.02 Å². The molecule has 0 aliphatic heterocycles. The van der Waals surface area contributed by atoms with Crippen LogP contribution in [0.25, 0.3) is 0 Å². The minimum absolute atomic E-state index is 0.235. The smallest absolute Gasteiger partial charge is 0.275 e. The van der Waals surface area contributed by atoms with Crippen molar-refractivity contribution in [1.82, 2.24) is 9.97 Å². The van der Waals surface area contributed by atoms with Gasteiger partial charge in [0.2, 0.25) is 0 Å². The van der Waals surface area contributed by atoms with E-state index in [2.05, 4.69) is 27.2 Å². The molecule has 21 heavy (non-hydrogen) atoms. The summed E-state index contributed by atoms with van der Waals surface area (Å²) in [6, 6.07) is 5.31. The third kappa shape index (κ3) is 4.03. The Morgan fingerprint density at radius 1 is 1.38 bits per heavy atom. The molecule has 0 aliphatic rings. The van der Waals surface area contributed by atoms with E-state index in [1.807, 2.05) is 13.0 Å². The van der Waals surface area contributed by atoms with Gasteiger partial charge in [0, 0.05) is 17.3 Å². The van der Waals surface area contributed by atoms with Gasteiger partial charge in [0.15, 0.2) is 0 Å². The summed E-state index contributed by atoms with van der Waals surface area (Å²) in [7, 11) is 0. The molecule has 1 amide bonds. The third-order valence-electron chi connectivity index (χ3n) is 2.76. The summed E-state index contributed by atoms with van der Waals surface area (Å²) in [4.78, 5) is 20.3. The Kier molecular flexibility index (Phi) is 4.90. The van der Waals surface area contributed by atoms with E-state index in [0.29, 0.717) is 23.1 Å². The Labute approximate surface area is 128 Å². The first-order chi connectivity index (χ1) is 10.1. The van der Waals surface area contributed by atoms with E-state index >= 15 is 0 Å². The number of hydrogen-bond acceptors (Lipinski definition) is 4. The van der Waals surface area contributed by atoms with Crippen LogP contribution >= 0.6 is 11.6 Å². The Morgan fingerprint density at radius 3 is 2.86 bits per heavy atom. The molecule has 0 spiro atoms. The highest BCUT2D eigenvalue weighted by molar-refractivity contribution is 6.31. The van der Waals surface area contributed by atoms with Gasteiger partial charge >= 0.3 is 0 Å². The minimum atomic E-state index is -0.330. The molecule has 2 aromatic rings. The second kappa shape index (κ2) is 6.85. The average molecular weight is 303 g/mol. The first-order valence-corrected chi connectivity index (χ1v) is 6.72. The molecule has 0 saturated carbocycles. The molecular weight excluding hydrogens is 288 g/mol. The van der Waals surface area contributed by atoms with Crippen molar-refractivity contribution in [2.75, 3.05) is 17.2 Å². The fourth-order valence-corrected chi connectivity index (χ4v) is 1.80. The second-order valence-electron chi connectivity index (χ2n) is 4.37. The van der Waals surface area contributed by atoms with Crippen LogP contribution in [0.3, 0.4) is 0 Å². The van der Waals surface area contributed by atoms with Crippen LogP contribution in [0.15, 0.2) is 43.2 Å². The summed E-state index contributed by atoms with van der Waals surface area (Å²) in [6.07, 6.45) is 4.63. The number of benzene rings is 1. The summed E-state index contributed by atoms with van der Waals surface area (Å²) in [6.45, 7) is 6.07. The Balaban J connectivity index is 2.09. The number of halogens is 1. The number of aryl methyl sites for hydroxylation is 1. The van der Waals surface area contributed by atoms with Gasteiger partial charge in [-0.1, -0.05) is 23.7 Å². The maximum absolute atomic E-state index is 12.1. The molecule has 5 nitrogen and oxygen atoms in total. The molecule has 0 bridgehead atoms. The van der Waals surface area contributed by atoms with Crippen molar-refractivity contribution in [3.05, 3.63) is 59.5 Å². The van der Waals surface area contributed by atoms with Gasteiger partial charge in [-0.15, -0.1) is 6.58 Å². The lowest BCUT2D eigenvalue weighted by atomic mass is 10.2. The Hall–Kier alpha value is -2.40. The summed E-state index contributed by atoms with van der Waals surface area (Å²) in [5.41, 5.74) is 1.81. The van der Waals surface area contributed by atoms with Crippen LogP contribution in [0, 0.1) is 6.92 Å². The van der Waals surface area contributed by atoms with Crippen LogP contribution in [-0.4, -0.2) is 22.4 Å². The maximum Gasteiger partial charge on any atom is 0.275 e. The highest BCUT2D eigenvalue weighted by atomic mass is 35.5. The lowest BCUT2D eigenvalue weighted by Crippen LogP contribution is -2.15. The monoisotopic (exact) mass is 302 g/mol. The van der Waals surface area contributed by atoms with Crippen LogP contribution < -0.4 is 10.6 Å². The molecule has 2 N–H and O–H groups in total. The predicted molar refractivity (Wildman–Crippen MR) is 84.9 cm³/mol. The van der Waals surface area contributed by atoms with Crippen molar-refractivity contribution in [1.29, 1.82) is 0 Å². The van der Waals surface area contributed by atoms with Crippen molar-refractivity contribution in [2.45, 2.75) is 6.92 Å². The summed E-state index contributed by atoms with van der Waals surface area (Å²) < 4.78 is 0. The highest BCUT2D eigenvalue weighted by Crippen LogP contribution is 2.20. The standard InChI is InChI=1S/C15H15ClN4O/c1-3-6-17-14-9-18-13(8-19-14)15(21)20-12-7-11(16)5-4-10(12)2/h3-5,7-9H,1,6H2,2H3,(H,17,19)(H,20,21). The van der Waals surface area contributed by atoms with Gasteiger partial charge in [-0.05, 0) is 24.6 Å². The number of carbonyl (C=O) groups is 1. The molecule has 0 radical (unpaired) electrons. The molecule has 1 aromatic heterocycles. The molecule has 0 fully saturated rings. The lowest BCUT2D eigenvalue weighted by molar-refractivity contribution is 0.102. The summed E-state index contributed by atoms with van der Waals surface area (Å²) >= 11 is 5.92. The molecule has 108 valence electrons. The number of aromatic nitrogens is 2. The van der Waals surface area contributed by atoms with E-state index in [9.17, 15) is 4.79 Å². The summed E-state index contributed by atoms with van der Waals surface area (Å²) in [5.74, 6) is 0.258. The second-order valence-corrected chi connectivity index (χ2v) is 4.81. The molecule has 1 aromatic carbocycles. The van der Waals surface area contributed by atoms with Crippen molar-refractivity contribution < 1.29 is 4.79 Å². The molecule has 0 atom stereocenters. The normalized spacial score (nSPS) is 10.0. The molecule has 0 aliphatic carbocycles. The summed E-state index contributed by atoms with van der Waals surface area (Å²) in [5, 5.41) is 6.31. The number of amides is 1. The molecule has 0 unspecified atom stereocenters. The van der Waals surface area contributed by atoms with Crippen molar-refractivity contribution >= 4 is 29.0 Å². The van der Waals surface area contributed by atoms with E-state index in [1.165, 1.54) is 12.4 Å². The van der Waals surface area contributed by atoms with E-state index in [4.69, 9.17) is 11.6 Å². The van der Waals surface area contributed by atoms with Crippen LogP contribution in [0.4, 0.5) is 11.5 Å². The number of hydrogen-bond donors (Lipinski definition) is 2. The Morgan fingerprint density at radius 2 is 2.19 bits per heavy atom. The number of nitrogens with one attached hydrogen (secondary N) is 2. The SMILES string of the molecule is C=CCNc1cnc(C(=O)Nc2cc(Cl)ccc2C)cn1. The van der Waals surface area contributed by atoms with Gasteiger partial charge in [0.05, 0.1) is 12.4 Å². The van der Waals surface area contributed by atoms with Gasteiger partial charge < -0.3 is 10.6 Å². The number of nitrogens with zero attached hydrogens (tertiary/aromatic N) is 2. The molecule has 2 rings (SSSR count). The zero-order valence-electron chi connectivity index (χ0n) is 11.6. The number of anilines is 2. The van der Waals surface area contributed by atoms with Crippen LogP contribution in [0.1, 0.15) is 16.1 Å². The highest BCUT2D eigenvalue weighted by Gasteiger charge is 2.10. The number of rotatable bonds is 5. The fourth-order valence-electron chi connectivity index (χ4n) is 1.63. The van der Waals surface area contributed by atoms with Gasteiger partial charge in [-0.2, -0.15) is 0 Å². The minimum Gasteiger partial charge on any atom is -0.365 e. The Bertz CT molecular complexity index is 655. The van der Waals surface area contributed by atoms with E-state index in [-0.39, 0.29) is 11.6 Å². The zero-order chi connectivity index (χ0) is 15.2. The van der Waals surface area contributed by atoms with E-state index in [1.54, 1.807) is 18.2 Å². The van der Waals surface area contributed by atoms with Crippen molar-refractivity contribution in [2.24, 2.45) is 0 Å². The molecular formula is C15H15ClN4O. The largest absolute Gasteiger partial charge is 0.365 e. The molecule has 1 heterocycles. The van der Waals surface area contributed by atoms with Gasteiger partial charge in [-0.3, -0.25) is 4.79 Å². The zero-order valence-corrected chi connectivity index (χ0v) is 12.3. The van der Waals surface area contributed by atoms with Crippen molar-refractivity contribution in [3.63, 3.8) is 0 Å². The predicted octanol–water partition coefficient (Wildman–Crippen LogP) is 3.29. The van der Waals surface area contributed by atoms with Gasteiger partial charge in [0.25, 0.3) is 5.91 Å². The molecule has 6 heteroatoms. The third-order valence-corrected chi connectivity index (χ3v) is 2.99. The average Bonchev–Trinajstić information content (AvgIpc) is 2.49. The maximum atomic E-state index is 12.1. The van der Waals surface area contributed by atoms with Crippen molar-refractivity contribution in [3.8, 4) is 0 Å². The first-order valence-electron chi connectivity index (χ1n) is 6.34. The number of carbonyl (C=O) groups excluding carboxylic acids is 1. The van der Waals surface area contributed by atoms with Crippen LogP contribution in [0.5, 0.6) is 0 Å². The molecule has 0 saturated heterocycles. The lowest BCUT2D eigenvalue weighted by Gasteiger charge is -2.08. The fraction of sp³-hybridized carbons (Fsp3) is 0.133. The van der Waals surface area contributed by atoms with E-state index < -0.39 is 0 Å². The topological polar surface area (TPSA) is 66.9 Å². The first kappa shape index (κ1) is 15.0. The van der Waals surface area contributed by atoms with Gasteiger partial charge in [0.1, 0.15) is 11.5 Å². The van der Waals surface area contributed by atoms with Gasteiger partial charge in [-0.25, -0.2) is 9.97 Å².